The number of sulfonamides is 1. The van der Waals surface area contributed by atoms with E-state index in [1.165, 1.54) is 9.88 Å². The first-order valence-corrected chi connectivity index (χ1v) is 8.23. The Morgan fingerprint density at radius 2 is 1.90 bits per heavy atom. The summed E-state index contributed by atoms with van der Waals surface area (Å²) in [6, 6.07) is 6.98. The van der Waals surface area contributed by atoms with E-state index in [-0.39, 0.29) is 0 Å². The van der Waals surface area contributed by atoms with Gasteiger partial charge >= 0.3 is 0 Å². The van der Waals surface area contributed by atoms with E-state index in [1.807, 2.05) is 32.1 Å². The predicted octanol–water partition coefficient (Wildman–Crippen LogP) is 3.28. The summed E-state index contributed by atoms with van der Waals surface area (Å²) in [6.45, 7) is 8.42. The van der Waals surface area contributed by atoms with Gasteiger partial charge in [0.15, 0.2) is 0 Å². The highest BCUT2D eigenvalue weighted by molar-refractivity contribution is 7.89. The van der Waals surface area contributed by atoms with E-state index in [9.17, 15) is 8.42 Å². The smallest absolute Gasteiger partial charge is 0.207 e. The van der Waals surface area contributed by atoms with Crippen LogP contribution in [0.3, 0.4) is 0 Å². The average molecular weight is 291 g/mol. The van der Waals surface area contributed by atoms with Crippen LogP contribution in [0, 0.1) is 6.92 Å². The number of nitrogens with zero attached hydrogens (tertiary/aromatic N) is 1. The quantitative estimate of drug-likeness (QED) is 0.754. The predicted molar refractivity (Wildman–Crippen MR) is 82.1 cm³/mol. The number of aryl methyl sites for hydroxylation is 1. The minimum absolute atomic E-state index is 0.346. The molecule has 0 aliphatic heterocycles. The molecule has 1 aliphatic carbocycles. The van der Waals surface area contributed by atoms with Crippen molar-refractivity contribution in [3.8, 4) is 0 Å². The lowest BCUT2D eigenvalue weighted by molar-refractivity contribution is 0.467. The van der Waals surface area contributed by atoms with Crippen LogP contribution in [0.2, 0.25) is 0 Å². The Morgan fingerprint density at radius 3 is 2.40 bits per heavy atom. The summed E-state index contributed by atoms with van der Waals surface area (Å²) < 4.78 is 26.8. The molecule has 0 aromatic heterocycles. The normalized spacial score (nSPS) is 14.4. The summed E-state index contributed by atoms with van der Waals surface area (Å²) >= 11 is 0. The number of allylic oxidation sites excluding steroid dienone is 1. The van der Waals surface area contributed by atoms with Gasteiger partial charge in [-0.2, -0.15) is 4.31 Å². The molecule has 0 heterocycles. The molecule has 0 amide bonds. The lowest BCUT2D eigenvalue weighted by Crippen LogP contribution is -2.32. The van der Waals surface area contributed by atoms with Crippen molar-refractivity contribution in [3.05, 3.63) is 53.6 Å². The molecule has 0 atom stereocenters. The Hall–Kier alpha value is -1.39. The molecular formula is C16H21NO2S. The molecule has 0 unspecified atom stereocenters. The topological polar surface area (TPSA) is 37.4 Å². The van der Waals surface area contributed by atoms with E-state index >= 15 is 0 Å². The maximum Gasteiger partial charge on any atom is 0.243 e. The Balaban J connectivity index is 2.26. The molecule has 3 nitrogen and oxygen atoms in total. The molecule has 20 heavy (non-hydrogen) atoms. The molecule has 0 radical (unpaired) electrons. The summed E-state index contributed by atoms with van der Waals surface area (Å²) in [5.74, 6) is 0. The van der Waals surface area contributed by atoms with Crippen molar-refractivity contribution in [1.29, 1.82) is 0 Å². The first-order chi connectivity index (χ1) is 9.39. The monoisotopic (exact) mass is 291 g/mol. The molecule has 1 aromatic rings. The fraction of sp³-hybridized carbons (Fsp3) is 0.375. The Labute approximate surface area is 121 Å². The van der Waals surface area contributed by atoms with Crippen molar-refractivity contribution >= 4 is 10.0 Å². The molecule has 1 fully saturated rings. The summed E-state index contributed by atoms with van der Waals surface area (Å²) in [7, 11) is -3.45. The van der Waals surface area contributed by atoms with Gasteiger partial charge in [0.05, 0.1) is 4.90 Å². The van der Waals surface area contributed by atoms with Gasteiger partial charge in [0.25, 0.3) is 0 Å². The van der Waals surface area contributed by atoms with Crippen molar-refractivity contribution in [2.75, 3.05) is 13.1 Å². The lowest BCUT2D eigenvalue weighted by atomic mass is 10.2. The number of benzene rings is 1. The van der Waals surface area contributed by atoms with Crippen LogP contribution in [-0.2, 0) is 10.0 Å². The van der Waals surface area contributed by atoms with Gasteiger partial charge < -0.3 is 0 Å². The standard InChI is InChI=1S/C16H21NO2S/c1-13(2)12-17(11-10-15-6-7-15)20(18,19)16-8-4-14(3)5-9-16/h4-5,8-10H,1,6-7,11-12H2,2-3H3. The molecular weight excluding hydrogens is 270 g/mol. The van der Waals surface area contributed by atoms with Crippen molar-refractivity contribution in [2.24, 2.45) is 0 Å². The van der Waals surface area contributed by atoms with Gasteiger partial charge in [0.2, 0.25) is 10.0 Å². The number of hydrogen-bond acceptors (Lipinski definition) is 2. The zero-order chi connectivity index (χ0) is 14.8. The number of rotatable bonds is 6. The molecule has 0 spiro atoms. The third-order valence-electron chi connectivity index (χ3n) is 3.23. The summed E-state index contributed by atoms with van der Waals surface area (Å²) in [6.07, 6.45) is 4.23. The molecule has 2 rings (SSSR count). The van der Waals surface area contributed by atoms with Gasteiger partial charge in [-0.25, -0.2) is 8.42 Å². The molecule has 108 valence electrons. The molecule has 1 aromatic carbocycles. The fourth-order valence-electron chi connectivity index (χ4n) is 1.92. The third kappa shape index (κ3) is 3.81. The van der Waals surface area contributed by atoms with Crippen LogP contribution >= 0.6 is 0 Å². The Morgan fingerprint density at radius 1 is 1.30 bits per heavy atom. The molecule has 4 heteroatoms. The Kier molecular flexibility index (Phi) is 4.45. The van der Waals surface area contributed by atoms with Crippen LogP contribution < -0.4 is 0 Å². The second kappa shape index (κ2) is 5.94. The summed E-state index contributed by atoms with van der Waals surface area (Å²) in [4.78, 5) is 0.346. The SMILES string of the molecule is C=C(C)CN(CC=C1CC1)S(=O)(=O)c1ccc(C)cc1. The highest BCUT2D eigenvalue weighted by Gasteiger charge is 2.24. The van der Waals surface area contributed by atoms with Crippen LogP contribution in [0.4, 0.5) is 0 Å². The van der Waals surface area contributed by atoms with Crippen LogP contribution in [-0.4, -0.2) is 25.8 Å². The minimum Gasteiger partial charge on any atom is -0.207 e. The lowest BCUT2D eigenvalue weighted by Gasteiger charge is -2.21. The molecule has 0 N–H and O–H groups in total. The van der Waals surface area contributed by atoms with Gasteiger partial charge in [-0.15, -0.1) is 0 Å². The Bertz CT molecular complexity index is 621. The van der Waals surface area contributed by atoms with Gasteiger partial charge in [0, 0.05) is 13.1 Å². The van der Waals surface area contributed by atoms with E-state index in [1.54, 1.807) is 12.1 Å². The summed E-state index contributed by atoms with van der Waals surface area (Å²) in [5, 5.41) is 0. The zero-order valence-electron chi connectivity index (χ0n) is 12.1. The highest BCUT2D eigenvalue weighted by atomic mass is 32.2. The second-order valence-electron chi connectivity index (χ2n) is 5.43. The van der Waals surface area contributed by atoms with Crippen LogP contribution in [0.5, 0.6) is 0 Å². The summed E-state index contributed by atoms with van der Waals surface area (Å²) in [5.41, 5.74) is 3.24. The molecule has 1 saturated carbocycles. The van der Waals surface area contributed by atoms with E-state index in [0.717, 1.165) is 24.0 Å². The molecule has 0 saturated heterocycles. The van der Waals surface area contributed by atoms with Crippen LogP contribution in [0.15, 0.2) is 53.0 Å². The first-order valence-electron chi connectivity index (χ1n) is 6.78. The van der Waals surface area contributed by atoms with Crippen LogP contribution in [0.1, 0.15) is 25.3 Å². The van der Waals surface area contributed by atoms with E-state index in [0.29, 0.717) is 18.0 Å². The van der Waals surface area contributed by atoms with E-state index < -0.39 is 10.0 Å². The molecule has 1 aliphatic rings. The number of hydrogen-bond donors (Lipinski definition) is 0. The maximum atomic E-state index is 12.7. The van der Waals surface area contributed by atoms with Crippen molar-refractivity contribution < 1.29 is 8.42 Å². The van der Waals surface area contributed by atoms with Crippen molar-refractivity contribution in [2.45, 2.75) is 31.6 Å². The highest BCUT2D eigenvalue weighted by Crippen LogP contribution is 2.28. The van der Waals surface area contributed by atoms with Crippen LogP contribution in [0.25, 0.3) is 0 Å². The fourth-order valence-corrected chi connectivity index (χ4v) is 3.35. The van der Waals surface area contributed by atoms with Crippen molar-refractivity contribution in [1.82, 2.24) is 4.31 Å². The largest absolute Gasteiger partial charge is 0.243 e. The maximum absolute atomic E-state index is 12.7. The van der Waals surface area contributed by atoms with Gasteiger partial charge in [-0.1, -0.05) is 41.5 Å². The third-order valence-corrected chi connectivity index (χ3v) is 5.05. The van der Waals surface area contributed by atoms with Crippen molar-refractivity contribution in [3.63, 3.8) is 0 Å². The second-order valence-corrected chi connectivity index (χ2v) is 7.37. The van der Waals surface area contributed by atoms with E-state index in [4.69, 9.17) is 0 Å². The van der Waals surface area contributed by atoms with Gasteiger partial charge in [0.1, 0.15) is 0 Å². The van der Waals surface area contributed by atoms with Gasteiger partial charge in [-0.05, 0) is 38.8 Å². The average Bonchev–Trinajstić information content (AvgIpc) is 3.18. The minimum atomic E-state index is -3.45. The van der Waals surface area contributed by atoms with E-state index in [2.05, 4.69) is 6.58 Å². The van der Waals surface area contributed by atoms with Gasteiger partial charge in [-0.3, -0.25) is 0 Å². The first kappa shape index (κ1) is 15.0. The zero-order valence-corrected chi connectivity index (χ0v) is 12.9. The molecule has 0 bridgehead atoms.